The van der Waals surface area contributed by atoms with Gasteiger partial charge in [-0.15, -0.1) is 0 Å². The minimum Gasteiger partial charge on any atom is -0.462 e. The number of phosphoric ester groups is 1. The molecule has 0 aromatic rings. The summed E-state index contributed by atoms with van der Waals surface area (Å²) in [5.41, 5.74) is 5.33. The first kappa shape index (κ1) is 47.7. The molecule has 0 saturated carbocycles. The standard InChI is InChI=1S/C41H70NO9P/c1-3-5-6-7-8-9-10-12-16-19-22-25-28-31-40(43)47-35-37(36-49-52(45,46)48-34-33-42)50-41(44)32-29-26-23-20-17-14-11-13-15-18-21-24-27-30-39-38(4-2)51-39/h9-11,14-15,18,20,23-24,27,37-39H,3-8,12-13,16-17,19,21-22,25-26,28-36,42H2,1-2H3,(H,45,46). The molecule has 298 valence electrons. The normalized spacial score (nSPS) is 17.9. The summed E-state index contributed by atoms with van der Waals surface area (Å²) in [5.74, 6) is -0.918. The number of allylic oxidation sites excluding steroid dienone is 9. The van der Waals surface area contributed by atoms with Crippen LogP contribution in [0.25, 0.3) is 0 Å². The van der Waals surface area contributed by atoms with E-state index in [1.54, 1.807) is 0 Å². The molecule has 1 heterocycles. The van der Waals surface area contributed by atoms with Gasteiger partial charge >= 0.3 is 19.8 Å². The number of nitrogens with two attached hydrogens (primary N) is 1. The monoisotopic (exact) mass is 751 g/mol. The summed E-state index contributed by atoms with van der Waals surface area (Å²) in [6.07, 6.45) is 40.2. The largest absolute Gasteiger partial charge is 0.472 e. The molecular weight excluding hydrogens is 681 g/mol. The molecule has 11 heteroatoms. The van der Waals surface area contributed by atoms with Crippen LogP contribution in [-0.4, -0.2) is 61.5 Å². The summed E-state index contributed by atoms with van der Waals surface area (Å²) in [6.45, 7) is 3.51. The maximum atomic E-state index is 12.5. The molecule has 4 unspecified atom stereocenters. The van der Waals surface area contributed by atoms with Crippen molar-refractivity contribution in [1.29, 1.82) is 0 Å². The van der Waals surface area contributed by atoms with Crippen molar-refractivity contribution >= 4 is 19.8 Å². The quantitative estimate of drug-likeness (QED) is 0.0211. The zero-order valence-corrected chi connectivity index (χ0v) is 33.1. The molecule has 0 spiro atoms. The van der Waals surface area contributed by atoms with Crippen LogP contribution in [0.4, 0.5) is 0 Å². The van der Waals surface area contributed by atoms with Crippen molar-refractivity contribution in [3.8, 4) is 0 Å². The van der Waals surface area contributed by atoms with Gasteiger partial charge in [-0.05, 0) is 77.0 Å². The molecule has 0 aromatic carbocycles. The molecule has 1 saturated heterocycles. The van der Waals surface area contributed by atoms with Gasteiger partial charge in [0.1, 0.15) is 6.61 Å². The van der Waals surface area contributed by atoms with Gasteiger partial charge in [-0.3, -0.25) is 18.6 Å². The number of unbranched alkanes of at least 4 members (excludes halogenated alkanes) is 10. The molecule has 52 heavy (non-hydrogen) atoms. The lowest BCUT2D eigenvalue weighted by atomic mass is 10.1. The van der Waals surface area contributed by atoms with E-state index in [1.165, 1.54) is 32.1 Å². The first-order chi connectivity index (χ1) is 25.3. The fourth-order valence-corrected chi connectivity index (χ4v) is 6.02. The number of carbonyl (C=O) groups is 2. The topological polar surface area (TPSA) is 147 Å². The maximum absolute atomic E-state index is 12.5. The van der Waals surface area contributed by atoms with E-state index in [2.05, 4.69) is 68.5 Å². The molecule has 1 rings (SSSR count). The van der Waals surface area contributed by atoms with Gasteiger partial charge in [0, 0.05) is 19.4 Å². The molecule has 0 aliphatic carbocycles. The first-order valence-electron chi connectivity index (χ1n) is 19.9. The minimum atomic E-state index is -4.39. The minimum absolute atomic E-state index is 0.0388. The van der Waals surface area contributed by atoms with Gasteiger partial charge in [0.25, 0.3) is 0 Å². The number of epoxide rings is 1. The fraction of sp³-hybridized carbons (Fsp3) is 0.707. The Morgan fingerprint density at radius 1 is 0.692 bits per heavy atom. The van der Waals surface area contributed by atoms with Crippen LogP contribution in [0.5, 0.6) is 0 Å². The Labute approximate surface area is 314 Å². The van der Waals surface area contributed by atoms with Crippen molar-refractivity contribution < 1.29 is 42.3 Å². The Balaban J connectivity index is 2.25. The molecule has 1 aliphatic heterocycles. The van der Waals surface area contributed by atoms with E-state index in [0.717, 1.165) is 64.2 Å². The SMILES string of the molecule is CCCCCCC=CCCCCCCCC(=O)OCC(COP(=O)(O)OCCN)OC(=O)CCCC=CCC=CCC=CCC=CCC1OC1CC. The average Bonchev–Trinajstić information content (AvgIpc) is 3.90. The molecule has 4 atom stereocenters. The Hall–Kier alpha value is -2.33. The number of hydrogen-bond acceptors (Lipinski definition) is 9. The number of ether oxygens (including phenoxy) is 3. The highest BCUT2D eigenvalue weighted by Crippen LogP contribution is 2.43. The van der Waals surface area contributed by atoms with Crippen LogP contribution in [0.3, 0.4) is 0 Å². The number of rotatable bonds is 35. The van der Waals surface area contributed by atoms with Crippen molar-refractivity contribution in [3.63, 3.8) is 0 Å². The molecule has 10 nitrogen and oxygen atoms in total. The predicted molar refractivity (Wildman–Crippen MR) is 210 cm³/mol. The zero-order chi connectivity index (χ0) is 38.0. The summed E-state index contributed by atoms with van der Waals surface area (Å²) in [6, 6.07) is 0. The van der Waals surface area contributed by atoms with E-state index in [4.69, 9.17) is 29.0 Å². The Bertz CT molecular complexity index is 1100. The maximum Gasteiger partial charge on any atom is 0.472 e. The smallest absolute Gasteiger partial charge is 0.462 e. The number of esters is 2. The molecular formula is C41H70NO9P. The number of hydrogen-bond donors (Lipinski definition) is 2. The van der Waals surface area contributed by atoms with Crippen molar-refractivity contribution in [1.82, 2.24) is 0 Å². The van der Waals surface area contributed by atoms with Crippen LogP contribution in [0.15, 0.2) is 60.8 Å². The van der Waals surface area contributed by atoms with Gasteiger partial charge in [0.2, 0.25) is 0 Å². The summed E-state index contributed by atoms with van der Waals surface area (Å²) in [4.78, 5) is 34.7. The van der Waals surface area contributed by atoms with Crippen molar-refractivity contribution in [2.45, 2.75) is 161 Å². The third kappa shape index (κ3) is 30.2. The third-order valence-electron chi connectivity index (χ3n) is 8.36. The zero-order valence-electron chi connectivity index (χ0n) is 32.2. The average molecular weight is 752 g/mol. The van der Waals surface area contributed by atoms with Crippen LogP contribution >= 0.6 is 7.82 Å². The summed E-state index contributed by atoms with van der Waals surface area (Å²) < 4.78 is 38.1. The lowest BCUT2D eigenvalue weighted by Gasteiger charge is -2.19. The Morgan fingerprint density at radius 3 is 1.88 bits per heavy atom. The third-order valence-corrected chi connectivity index (χ3v) is 9.34. The van der Waals surface area contributed by atoms with Crippen molar-refractivity contribution in [2.24, 2.45) is 5.73 Å². The molecule has 0 radical (unpaired) electrons. The second-order valence-corrected chi connectivity index (χ2v) is 14.6. The molecule has 1 fully saturated rings. The van der Waals surface area contributed by atoms with E-state index in [0.29, 0.717) is 31.5 Å². The lowest BCUT2D eigenvalue weighted by molar-refractivity contribution is -0.161. The first-order valence-corrected chi connectivity index (χ1v) is 21.4. The van der Waals surface area contributed by atoms with E-state index < -0.39 is 32.5 Å². The van der Waals surface area contributed by atoms with Crippen LogP contribution in [0, 0.1) is 0 Å². The molecule has 0 aromatic heterocycles. The van der Waals surface area contributed by atoms with E-state index >= 15 is 0 Å². The van der Waals surface area contributed by atoms with Gasteiger partial charge in [0.05, 0.1) is 25.4 Å². The summed E-state index contributed by atoms with van der Waals surface area (Å²) in [7, 11) is -4.39. The van der Waals surface area contributed by atoms with Gasteiger partial charge in [-0.25, -0.2) is 4.57 Å². The van der Waals surface area contributed by atoms with E-state index in [-0.39, 0.29) is 32.6 Å². The number of phosphoric acid groups is 1. The van der Waals surface area contributed by atoms with E-state index in [1.807, 2.05) is 6.08 Å². The van der Waals surface area contributed by atoms with Gasteiger partial charge in [-0.1, -0.05) is 113 Å². The van der Waals surface area contributed by atoms with Crippen molar-refractivity contribution in [2.75, 3.05) is 26.4 Å². The van der Waals surface area contributed by atoms with Gasteiger partial charge < -0.3 is 24.8 Å². The van der Waals surface area contributed by atoms with Crippen LogP contribution < -0.4 is 5.73 Å². The van der Waals surface area contributed by atoms with Crippen LogP contribution in [0.2, 0.25) is 0 Å². The Kier molecular flexibility index (Phi) is 30.5. The summed E-state index contributed by atoms with van der Waals surface area (Å²) in [5, 5.41) is 0. The molecule has 0 amide bonds. The summed E-state index contributed by atoms with van der Waals surface area (Å²) >= 11 is 0. The van der Waals surface area contributed by atoms with E-state index in [9.17, 15) is 19.0 Å². The van der Waals surface area contributed by atoms with Crippen LogP contribution in [0.1, 0.15) is 142 Å². The second kappa shape index (κ2) is 33.3. The fourth-order valence-electron chi connectivity index (χ4n) is 5.26. The van der Waals surface area contributed by atoms with Crippen LogP contribution in [-0.2, 0) is 37.4 Å². The lowest BCUT2D eigenvalue weighted by Crippen LogP contribution is -2.29. The highest BCUT2D eigenvalue weighted by atomic mass is 31.2. The molecule has 3 N–H and O–H groups in total. The predicted octanol–water partition coefficient (Wildman–Crippen LogP) is 9.92. The Morgan fingerprint density at radius 2 is 1.25 bits per heavy atom. The second-order valence-electron chi connectivity index (χ2n) is 13.2. The highest BCUT2D eigenvalue weighted by Gasteiger charge is 2.35. The van der Waals surface area contributed by atoms with Gasteiger partial charge in [-0.2, -0.15) is 0 Å². The van der Waals surface area contributed by atoms with Crippen molar-refractivity contribution in [3.05, 3.63) is 60.8 Å². The molecule has 1 aliphatic rings. The number of carbonyl (C=O) groups excluding carboxylic acids is 2. The highest BCUT2D eigenvalue weighted by molar-refractivity contribution is 7.47. The van der Waals surface area contributed by atoms with Gasteiger partial charge in [0.15, 0.2) is 6.10 Å². The molecule has 0 bridgehead atoms.